The number of carbonyl (C=O) groups is 2. The van der Waals surface area contributed by atoms with Gasteiger partial charge < -0.3 is 9.47 Å². The zero-order valence-electron chi connectivity index (χ0n) is 49.6. The topological polar surface area (TPSA) is 52.6 Å². The Kier molecular flexibility index (Phi) is 4.60. The lowest BCUT2D eigenvalue weighted by Gasteiger charge is -2.56. The van der Waals surface area contributed by atoms with Gasteiger partial charge in [0.2, 0.25) is 0 Å². The number of ether oxygens (including phenoxy) is 2. The first-order valence-electron chi connectivity index (χ1n) is 35.5. The third-order valence-corrected chi connectivity index (χ3v) is 39.0. The first-order chi connectivity index (χ1) is 45.1. The fourth-order valence-corrected chi connectivity index (χ4v) is 39.5. The second-order valence-electron chi connectivity index (χ2n) is 33.4. The highest BCUT2D eigenvalue weighted by molar-refractivity contribution is 7.80. The number of methoxy groups -OCH3 is 2. The molecule has 0 N–H and O–H groups in total. The summed E-state index contributed by atoms with van der Waals surface area (Å²) in [6.45, 7) is -2.53. The third-order valence-electron chi connectivity index (χ3n) is 32.6. The number of carbonyl (C=O) groups excluding carboxylic acids is 2. The van der Waals surface area contributed by atoms with Gasteiger partial charge in [0.1, 0.15) is 0 Å². The maximum absolute atomic E-state index is 17.5. The summed E-state index contributed by atoms with van der Waals surface area (Å²) >= 11 is 0. The van der Waals surface area contributed by atoms with Crippen LogP contribution in [0.2, 0.25) is 0 Å². The zero-order chi connectivity index (χ0) is 56.3. The van der Waals surface area contributed by atoms with Crippen LogP contribution >= 0.6 is 6.89 Å². The Bertz CT molecular complexity index is 7920. The molecule has 28 aromatic rings. The molecule has 2 spiro atoms. The summed E-state index contributed by atoms with van der Waals surface area (Å²) < 4.78 is 13.6. The first kappa shape index (κ1) is 40.3. The molecule has 0 aromatic heterocycles. The molecule has 3 saturated carbocycles. The molecular formula is C86H41O4P. The fourth-order valence-electron chi connectivity index (χ4n) is 31.9. The maximum atomic E-state index is 17.5. The highest BCUT2D eigenvalue weighted by atomic mass is 31.2. The van der Waals surface area contributed by atoms with Gasteiger partial charge in [0.15, 0.2) is 0 Å². The number of benzene rings is 18. The molecule has 414 valence electrons. The van der Waals surface area contributed by atoms with Crippen molar-refractivity contribution in [2.24, 2.45) is 5.92 Å². The van der Waals surface area contributed by atoms with Crippen molar-refractivity contribution in [3.05, 3.63) is 33.9 Å². The van der Waals surface area contributed by atoms with Gasteiger partial charge in [-0.2, -0.15) is 0 Å². The summed E-state index contributed by atoms with van der Waals surface area (Å²) in [5, 5.41) is 85.2. The number of rotatable bonds is 6. The van der Waals surface area contributed by atoms with Gasteiger partial charge in [-0.1, -0.05) is 70.7 Å². The monoisotopic (exact) mass is 1170 g/mol. The molecule has 0 bridgehead atoms. The largest absolute Gasteiger partial charge is 0.469 e. The minimum Gasteiger partial charge on any atom is -0.469 e. The van der Waals surface area contributed by atoms with Crippen LogP contribution in [0.15, 0.2) is 11.6 Å². The molecule has 3 fully saturated rings. The van der Waals surface area contributed by atoms with Gasteiger partial charge in [-0.3, -0.25) is 4.79 Å². The van der Waals surface area contributed by atoms with Crippen molar-refractivity contribution in [1.82, 2.24) is 0 Å². The van der Waals surface area contributed by atoms with Crippen LogP contribution in [0.4, 0.5) is 0 Å². The molecule has 8 aliphatic carbocycles. The van der Waals surface area contributed by atoms with E-state index in [1.54, 1.807) is 219 Å². The van der Waals surface area contributed by atoms with E-state index in [-0.39, 0.29) is 11.9 Å². The average molecular weight is 1170 g/mol. The Morgan fingerprint density at radius 3 is 0.714 bits per heavy atom. The van der Waals surface area contributed by atoms with E-state index in [2.05, 4.69) is 6.08 Å². The minimum atomic E-state index is -2.53. The van der Waals surface area contributed by atoms with Crippen molar-refractivity contribution in [1.29, 1.82) is 0 Å². The van der Waals surface area contributed by atoms with Crippen LogP contribution in [-0.4, -0.2) is 48.4 Å². The Balaban J connectivity index is 0.973. The molecule has 28 aromatic carbocycles. The van der Waals surface area contributed by atoms with Crippen molar-refractivity contribution in [3.63, 3.8) is 0 Å². The Morgan fingerprint density at radius 1 is 0.297 bits per heavy atom. The third kappa shape index (κ3) is 2.60. The van der Waals surface area contributed by atoms with Crippen LogP contribution in [0.1, 0.15) is 119 Å². The summed E-state index contributed by atoms with van der Waals surface area (Å²) in [4.78, 5) is 34.6. The molecule has 5 heteroatoms. The molecule has 0 aliphatic heterocycles. The first-order valence-corrected chi connectivity index (χ1v) is 37.5. The molecule has 8 aliphatic rings. The summed E-state index contributed by atoms with van der Waals surface area (Å²) in [6, 6.07) is 0. The smallest absolute Gasteiger partial charge is 0.338 e. The lowest BCUT2D eigenvalue weighted by molar-refractivity contribution is -0.145. The lowest BCUT2D eigenvalue weighted by Crippen LogP contribution is -2.56. The van der Waals surface area contributed by atoms with E-state index in [4.69, 9.17) is 9.47 Å². The number of hydrogen-bond acceptors (Lipinski definition) is 4. The Hall–Kier alpha value is -8.56. The van der Waals surface area contributed by atoms with Crippen LogP contribution in [0.5, 0.6) is 0 Å². The van der Waals surface area contributed by atoms with Gasteiger partial charge >= 0.3 is 11.9 Å². The summed E-state index contributed by atoms with van der Waals surface area (Å²) in [6.07, 6.45) is 21.2. The van der Waals surface area contributed by atoms with Crippen LogP contribution in [-0.2, 0) is 29.9 Å². The van der Waals surface area contributed by atoms with Crippen LogP contribution in [0.3, 0.4) is 0 Å². The molecule has 36 rings (SSSR count). The minimum absolute atomic E-state index is 0.0421. The van der Waals surface area contributed by atoms with E-state index in [1.165, 1.54) is 210 Å². The average Bonchev–Trinajstić information content (AvgIpc) is 1.37. The quantitative estimate of drug-likeness (QED) is 0.0946. The maximum Gasteiger partial charge on any atom is 0.338 e. The predicted molar refractivity (Wildman–Crippen MR) is 382 cm³/mol. The zero-order valence-corrected chi connectivity index (χ0v) is 50.5. The molecule has 0 heterocycles. The number of hydrogen-bond donors (Lipinski definition) is 0. The normalized spacial score (nSPS) is 24.6. The SMILES string of the molecule is COC(=O)C(C1=CC(C(=O)OC)C23c4c5c6c7c8c9c(c%10c%11c2c2c4c4c%12c5c5c6c6c8c8c%13c9c9c%10c%10c%11c%11c2c2c4c4c%12c%12c5c5c6c8c6c8c%13c9c9c%10c%10c%11c2c2c4c4c%12c5c6c5c8c9c%10c2c45)C173)=P(C1CCCCC1)(C1CCCCC1)C1CCCCC1. The van der Waals surface area contributed by atoms with Crippen LogP contribution in [0, 0.1) is 5.92 Å². The van der Waals surface area contributed by atoms with E-state index >= 15 is 9.59 Å². The van der Waals surface area contributed by atoms with Crippen molar-refractivity contribution in [3.8, 4) is 0 Å². The van der Waals surface area contributed by atoms with Crippen molar-refractivity contribution < 1.29 is 19.1 Å². The van der Waals surface area contributed by atoms with Gasteiger partial charge in [0, 0.05) is 0 Å². The van der Waals surface area contributed by atoms with Crippen molar-refractivity contribution >= 4 is 315 Å². The van der Waals surface area contributed by atoms with Crippen molar-refractivity contribution in [2.75, 3.05) is 14.2 Å². The second kappa shape index (κ2) is 10.4. The molecule has 1 unspecified atom stereocenters. The molecule has 4 nitrogen and oxygen atoms in total. The molecule has 0 amide bonds. The Labute approximate surface area is 509 Å². The van der Waals surface area contributed by atoms with Crippen LogP contribution < -0.4 is 0 Å². The molecule has 0 radical (unpaired) electrons. The predicted octanol–water partition coefficient (Wildman–Crippen LogP) is 22.4. The molecule has 91 heavy (non-hydrogen) atoms. The van der Waals surface area contributed by atoms with Gasteiger partial charge in [0.25, 0.3) is 0 Å². The van der Waals surface area contributed by atoms with Crippen molar-refractivity contribution in [2.45, 2.75) is 124 Å². The molecular weight excluding hydrogens is 1130 g/mol. The van der Waals surface area contributed by atoms with Gasteiger partial charge in [-0.15, -0.1) is 0 Å². The van der Waals surface area contributed by atoms with Gasteiger partial charge in [-0.25, -0.2) is 4.79 Å². The molecule has 1 atom stereocenters. The van der Waals surface area contributed by atoms with E-state index in [0.29, 0.717) is 17.0 Å². The fraction of sp³-hybridized carbons (Fsp3) is 0.267. The van der Waals surface area contributed by atoms with Gasteiger partial charge in [0.05, 0.1) is 36.3 Å². The van der Waals surface area contributed by atoms with Crippen LogP contribution in [0.25, 0.3) is 291 Å². The summed E-state index contributed by atoms with van der Waals surface area (Å²) in [5.74, 6) is -0.846. The van der Waals surface area contributed by atoms with Gasteiger partial charge in [-0.05, 0) is 374 Å². The van der Waals surface area contributed by atoms with E-state index < -0.39 is 23.6 Å². The lowest BCUT2D eigenvalue weighted by atomic mass is 9.46. The number of esters is 2. The highest BCUT2D eigenvalue weighted by Crippen LogP contribution is 2.88. The molecule has 0 saturated heterocycles. The highest BCUT2D eigenvalue weighted by Gasteiger charge is 2.77. The summed E-state index contributed by atoms with van der Waals surface area (Å²) in [7, 11) is 3.49. The Morgan fingerprint density at radius 2 is 0.505 bits per heavy atom. The standard InChI is InChI=1S/C86H41O4P/c1-89-83(87)23-18-22(82(84(88)90-2)91(19-12-6-3-7-13-19,20-14-8-4-9-15-20)21-16-10-5-11-17-21)85-78-70-62-52-42-34-26-24-25-28-32-30(26)38-46-40(32)50-44-36(28)37-29(25)33-31-27(24)35(34)43-49-39(31)47-41(33)51-45(37)55-54(44)64-58(50)68-60(46)66(56(62)48(38)42)72(78)76(68)80-74(64)75-65(55)59(51)69-61(47)67-57(49)63(53(43)52)71(70)79(85)73(67)77(69)81(75)86(23,80)85/h18-21,23H,3-17H2,1-2H3. The van der Waals surface area contributed by atoms with E-state index in [0.717, 1.165) is 5.29 Å². The summed E-state index contributed by atoms with van der Waals surface area (Å²) in [5.41, 5.74) is 6.70. The van der Waals surface area contributed by atoms with E-state index in [1.807, 2.05) is 0 Å². The second-order valence-corrected chi connectivity index (χ2v) is 37.7. The van der Waals surface area contributed by atoms with E-state index in [9.17, 15) is 0 Å².